The van der Waals surface area contributed by atoms with Crippen LogP contribution in [0.2, 0.25) is 10.0 Å². The van der Waals surface area contributed by atoms with Crippen molar-refractivity contribution in [3.05, 3.63) is 96.7 Å². The van der Waals surface area contributed by atoms with E-state index in [-0.39, 0.29) is 39.3 Å². The lowest BCUT2D eigenvalue weighted by Gasteiger charge is -2.31. The highest BCUT2D eigenvalue weighted by molar-refractivity contribution is 6.39. The summed E-state index contributed by atoms with van der Waals surface area (Å²) >= 11 is 14.0. The number of nitrogens with one attached hydrogen (secondary N) is 1. The fraction of sp³-hybridized carbons (Fsp3) is 0.324. The predicted octanol–water partition coefficient (Wildman–Crippen LogP) is 7.13. The number of likely N-dealkylation sites (tertiary alicyclic amines) is 1. The van der Waals surface area contributed by atoms with E-state index in [2.05, 4.69) is 15.2 Å². The van der Waals surface area contributed by atoms with E-state index < -0.39 is 23.4 Å². The first kappa shape index (κ1) is 36.9. The van der Waals surface area contributed by atoms with Gasteiger partial charge in [0, 0.05) is 42.9 Å². The Hall–Kier alpha value is -4.85. The quantitative estimate of drug-likeness (QED) is 0.149. The van der Waals surface area contributed by atoms with Crippen LogP contribution in [-0.2, 0) is 30.2 Å². The van der Waals surface area contributed by atoms with Crippen LogP contribution in [0.25, 0.3) is 33.3 Å². The third-order valence-electron chi connectivity index (χ3n) is 9.25. The molecule has 0 atom stereocenters. The van der Waals surface area contributed by atoms with Crippen molar-refractivity contribution >= 4 is 51.6 Å². The molecule has 0 aliphatic carbocycles. The standard InChI is InChI=1S/C37H36Cl2F2N6O5/c1-5-52-36(49)20-14-16-47(17-15-20)19-21-12-13-25(44-34(21)51-4)24-10-6-8-22(30(24)38)23-9-7-11-26(31(23)39)42-33-29-28(18-27(43-33)32(40)41)45(2)37(50)46(3)35(29)48/h6-13,18,20,32H,5,14-17,19H2,1-4H3,(H,42,43). The number of piperidine rings is 1. The molecule has 11 nitrogen and oxygen atoms in total. The normalized spacial score (nSPS) is 13.9. The molecule has 0 unspecified atom stereocenters. The smallest absolute Gasteiger partial charge is 0.330 e. The Balaban J connectivity index is 1.31. The van der Waals surface area contributed by atoms with Gasteiger partial charge in [0.1, 0.15) is 16.9 Å². The van der Waals surface area contributed by atoms with E-state index in [9.17, 15) is 23.2 Å². The number of nitrogens with zero attached hydrogens (tertiary/aromatic N) is 5. The van der Waals surface area contributed by atoms with Gasteiger partial charge >= 0.3 is 11.7 Å². The molecule has 1 fully saturated rings. The van der Waals surface area contributed by atoms with Gasteiger partial charge in [0.15, 0.2) is 0 Å². The van der Waals surface area contributed by atoms with Crippen molar-refractivity contribution < 1.29 is 23.0 Å². The van der Waals surface area contributed by atoms with Gasteiger partial charge in [-0.1, -0.05) is 59.6 Å². The molecule has 1 aliphatic rings. The van der Waals surface area contributed by atoms with Gasteiger partial charge in [0.2, 0.25) is 5.88 Å². The number of carbonyl (C=O) groups excluding carboxylic acids is 1. The minimum atomic E-state index is -2.97. The highest BCUT2D eigenvalue weighted by Crippen LogP contribution is 2.42. The minimum absolute atomic E-state index is 0.00330. The number of pyridine rings is 2. The lowest BCUT2D eigenvalue weighted by molar-refractivity contribution is -0.149. The number of carbonyl (C=O) groups is 1. The number of anilines is 2. The SMILES string of the molecule is CCOC(=O)C1CCN(Cc2ccc(-c3cccc(-c4cccc(Nc5nc(C(F)F)cc6c5c(=O)n(C)c(=O)n6C)c4Cl)c3Cl)nc2OC)CC1. The Morgan fingerprint density at radius 2 is 1.63 bits per heavy atom. The number of hydrogen-bond donors (Lipinski definition) is 1. The molecule has 4 heterocycles. The molecule has 52 heavy (non-hydrogen) atoms. The first-order chi connectivity index (χ1) is 24.9. The van der Waals surface area contributed by atoms with E-state index in [1.807, 2.05) is 31.2 Å². The van der Waals surface area contributed by atoms with Gasteiger partial charge < -0.3 is 14.8 Å². The van der Waals surface area contributed by atoms with Crippen molar-refractivity contribution in [3.8, 4) is 28.3 Å². The lowest BCUT2D eigenvalue weighted by atomic mass is 9.96. The second-order valence-corrected chi connectivity index (χ2v) is 13.2. The van der Waals surface area contributed by atoms with Gasteiger partial charge in [-0.05, 0) is 51.1 Å². The number of hydrogen-bond acceptors (Lipinski definition) is 9. The number of ether oxygens (including phenoxy) is 2. The summed E-state index contributed by atoms with van der Waals surface area (Å²) in [5.41, 5.74) is 1.44. The molecule has 1 saturated heterocycles. The maximum Gasteiger partial charge on any atom is 0.330 e. The summed E-state index contributed by atoms with van der Waals surface area (Å²) in [5.74, 6) is 0.0465. The number of fused-ring (bicyclic) bond motifs is 1. The fourth-order valence-corrected chi connectivity index (χ4v) is 7.06. The van der Waals surface area contributed by atoms with Gasteiger partial charge in [-0.25, -0.2) is 23.5 Å². The second kappa shape index (κ2) is 15.4. The number of halogens is 4. The largest absolute Gasteiger partial charge is 0.481 e. The van der Waals surface area contributed by atoms with Gasteiger partial charge in [0.25, 0.3) is 12.0 Å². The molecular formula is C37H36Cl2F2N6O5. The van der Waals surface area contributed by atoms with E-state index in [0.29, 0.717) is 46.4 Å². The maximum atomic E-state index is 13.9. The molecule has 0 spiro atoms. The van der Waals surface area contributed by atoms with Crippen LogP contribution in [0.15, 0.2) is 64.2 Å². The Kier molecular flexibility index (Phi) is 10.9. The Morgan fingerprint density at radius 3 is 2.31 bits per heavy atom. The van der Waals surface area contributed by atoms with Crippen LogP contribution >= 0.6 is 23.2 Å². The van der Waals surface area contributed by atoms with E-state index in [4.69, 9.17) is 37.7 Å². The first-order valence-electron chi connectivity index (χ1n) is 16.6. The zero-order valence-corrected chi connectivity index (χ0v) is 30.4. The van der Waals surface area contributed by atoms with Gasteiger partial charge in [0.05, 0.1) is 46.6 Å². The molecule has 1 N–H and O–H groups in total. The molecule has 5 aromatic rings. The Morgan fingerprint density at radius 1 is 0.962 bits per heavy atom. The highest BCUT2D eigenvalue weighted by Gasteiger charge is 2.27. The van der Waals surface area contributed by atoms with E-state index in [1.54, 1.807) is 31.4 Å². The molecule has 15 heteroatoms. The molecule has 6 rings (SSSR count). The molecular weight excluding hydrogens is 717 g/mol. The van der Waals surface area contributed by atoms with E-state index >= 15 is 0 Å². The predicted molar refractivity (Wildman–Crippen MR) is 197 cm³/mol. The van der Waals surface area contributed by atoms with Crippen molar-refractivity contribution in [2.75, 3.05) is 32.1 Å². The van der Waals surface area contributed by atoms with Crippen molar-refractivity contribution in [3.63, 3.8) is 0 Å². The summed E-state index contributed by atoms with van der Waals surface area (Å²) in [6.07, 6.45) is -1.52. The number of aromatic nitrogens is 4. The number of alkyl halides is 2. The van der Waals surface area contributed by atoms with Crippen LogP contribution in [0.4, 0.5) is 20.3 Å². The average Bonchev–Trinajstić information content (AvgIpc) is 3.14. The maximum absolute atomic E-state index is 13.9. The number of rotatable bonds is 10. The summed E-state index contributed by atoms with van der Waals surface area (Å²) in [4.78, 5) is 49.0. The van der Waals surface area contributed by atoms with Crippen LogP contribution in [0.5, 0.6) is 5.88 Å². The van der Waals surface area contributed by atoms with E-state index in [1.165, 1.54) is 14.1 Å². The first-order valence-corrected chi connectivity index (χ1v) is 17.4. The van der Waals surface area contributed by atoms with Gasteiger partial charge in [-0.2, -0.15) is 0 Å². The molecule has 0 bridgehead atoms. The fourth-order valence-electron chi connectivity index (χ4n) is 6.46. The Labute approximate surface area is 307 Å². The summed E-state index contributed by atoms with van der Waals surface area (Å²) in [6, 6.07) is 15.4. The Bertz CT molecular complexity index is 2290. The van der Waals surface area contributed by atoms with Crippen LogP contribution in [-0.4, -0.2) is 56.8 Å². The van der Waals surface area contributed by atoms with Crippen LogP contribution in [0, 0.1) is 5.92 Å². The van der Waals surface area contributed by atoms with Crippen molar-refractivity contribution in [1.82, 2.24) is 24.0 Å². The molecule has 3 aromatic heterocycles. The molecule has 0 amide bonds. The zero-order valence-electron chi connectivity index (χ0n) is 28.9. The topological polar surface area (TPSA) is 121 Å². The zero-order chi connectivity index (χ0) is 37.3. The molecule has 2 aromatic carbocycles. The third kappa shape index (κ3) is 7.12. The highest BCUT2D eigenvalue weighted by atomic mass is 35.5. The number of aryl methyl sites for hydroxylation is 1. The average molecular weight is 754 g/mol. The monoisotopic (exact) mass is 752 g/mol. The molecule has 1 aliphatic heterocycles. The van der Waals surface area contributed by atoms with Crippen LogP contribution < -0.4 is 21.3 Å². The summed E-state index contributed by atoms with van der Waals surface area (Å²) in [7, 11) is 4.25. The van der Waals surface area contributed by atoms with Crippen LogP contribution in [0.1, 0.15) is 37.4 Å². The summed E-state index contributed by atoms with van der Waals surface area (Å²) < 4.78 is 40.7. The van der Waals surface area contributed by atoms with Crippen molar-refractivity contribution in [2.45, 2.75) is 32.7 Å². The molecule has 272 valence electrons. The lowest BCUT2D eigenvalue weighted by Crippen LogP contribution is -2.37. The number of esters is 1. The van der Waals surface area contributed by atoms with Gasteiger partial charge in [-0.3, -0.25) is 23.6 Å². The van der Waals surface area contributed by atoms with Crippen molar-refractivity contribution in [1.29, 1.82) is 0 Å². The second-order valence-electron chi connectivity index (χ2n) is 12.4. The summed E-state index contributed by atoms with van der Waals surface area (Å²) in [6.45, 7) is 4.28. The minimum Gasteiger partial charge on any atom is -0.481 e. The van der Waals surface area contributed by atoms with Gasteiger partial charge in [-0.15, -0.1) is 0 Å². The number of methoxy groups -OCH3 is 1. The third-order valence-corrected chi connectivity index (χ3v) is 10.1. The van der Waals surface area contributed by atoms with E-state index in [0.717, 1.165) is 46.7 Å². The molecule has 0 radical (unpaired) electrons. The molecule has 0 saturated carbocycles. The van der Waals surface area contributed by atoms with Crippen molar-refractivity contribution in [2.24, 2.45) is 20.0 Å². The summed E-state index contributed by atoms with van der Waals surface area (Å²) in [5, 5.41) is 3.46. The number of benzene rings is 2. The van der Waals surface area contributed by atoms with Crippen LogP contribution in [0.3, 0.4) is 0 Å².